The molecule has 0 aromatic carbocycles. The summed E-state index contributed by atoms with van der Waals surface area (Å²) in [6, 6.07) is -0.216. The van der Waals surface area contributed by atoms with Gasteiger partial charge in [-0.15, -0.1) is 0 Å². The van der Waals surface area contributed by atoms with Crippen molar-refractivity contribution in [3.8, 4) is 0 Å². The van der Waals surface area contributed by atoms with E-state index in [0.717, 1.165) is 0 Å². The average Bonchev–Trinajstić information content (AvgIpc) is 2.28. The van der Waals surface area contributed by atoms with Gasteiger partial charge >= 0.3 is 6.03 Å². The Morgan fingerprint density at radius 3 is 2.31 bits per heavy atom. The molecular formula is C10H21N3O3. The quantitative estimate of drug-likeness (QED) is 0.596. The maximum atomic E-state index is 11.4. The number of methoxy groups -OCH3 is 1. The highest BCUT2D eigenvalue weighted by Crippen LogP contribution is 1.86. The molecule has 0 atom stereocenters. The van der Waals surface area contributed by atoms with E-state index >= 15 is 0 Å². The average molecular weight is 231 g/mol. The van der Waals surface area contributed by atoms with E-state index in [9.17, 15) is 9.59 Å². The second kappa shape index (κ2) is 8.96. The van der Waals surface area contributed by atoms with E-state index in [1.807, 2.05) is 13.8 Å². The summed E-state index contributed by atoms with van der Waals surface area (Å²) in [5.41, 5.74) is 0. The Morgan fingerprint density at radius 2 is 1.81 bits per heavy atom. The van der Waals surface area contributed by atoms with Crippen LogP contribution in [-0.2, 0) is 9.53 Å². The first-order valence-electron chi connectivity index (χ1n) is 5.44. The predicted molar refractivity (Wildman–Crippen MR) is 61.2 cm³/mol. The zero-order valence-corrected chi connectivity index (χ0v) is 10.2. The van der Waals surface area contributed by atoms with Gasteiger partial charge in [0, 0.05) is 26.7 Å². The number of hydrogen-bond acceptors (Lipinski definition) is 3. The fourth-order valence-corrected chi connectivity index (χ4v) is 1.13. The number of nitrogens with one attached hydrogen (secondary N) is 2. The normalized spacial score (nSPS) is 9.69. The highest BCUT2D eigenvalue weighted by molar-refractivity contribution is 5.83. The molecule has 94 valence electrons. The number of ether oxygens (including phenoxy) is 1. The van der Waals surface area contributed by atoms with Gasteiger partial charge in [-0.1, -0.05) is 0 Å². The first kappa shape index (κ1) is 14.7. The smallest absolute Gasteiger partial charge is 0.317 e. The van der Waals surface area contributed by atoms with Crippen LogP contribution >= 0.6 is 0 Å². The summed E-state index contributed by atoms with van der Waals surface area (Å²) in [4.78, 5) is 24.3. The lowest BCUT2D eigenvalue weighted by atomic mass is 10.5. The van der Waals surface area contributed by atoms with E-state index in [-0.39, 0.29) is 18.5 Å². The molecule has 0 aliphatic heterocycles. The Morgan fingerprint density at radius 1 is 1.19 bits per heavy atom. The third kappa shape index (κ3) is 6.23. The van der Waals surface area contributed by atoms with Crippen molar-refractivity contribution in [2.45, 2.75) is 13.8 Å². The van der Waals surface area contributed by atoms with Crippen LogP contribution in [0.4, 0.5) is 4.79 Å². The third-order valence-electron chi connectivity index (χ3n) is 2.08. The van der Waals surface area contributed by atoms with Gasteiger partial charge in [-0.2, -0.15) is 0 Å². The van der Waals surface area contributed by atoms with Crippen LogP contribution in [0.2, 0.25) is 0 Å². The van der Waals surface area contributed by atoms with E-state index in [4.69, 9.17) is 4.74 Å². The molecule has 6 heteroatoms. The van der Waals surface area contributed by atoms with Crippen LogP contribution in [0.25, 0.3) is 0 Å². The minimum absolute atomic E-state index is 0.000945. The molecule has 0 spiro atoms. The van der Waals surface area contributed by atoms with Gasteiger partial charge in [0.15, 0.2) is 0 Å². The van der Waals surface area contributed by atoms with Crippen molar-refractivity contribution in [2.24, 2.45) is 0 Å². The maximum absolute atomic E-state index is 11.4. The first-order valence-corrected chi connectivity index (χ1v) is 5.44. The highest BCUT2D eigenvalue weighted by atomic mass is 16.5. The molecule has 0 heterocycles. The Balaban J connectivity index is 3.70. The van der Waals surface area contributed by atoms with Crippen LogP contribution in [0.5, 0.6) is 0 Å². The van der Waals surface area contributed by atoms with Gasteiger partial charge in [-0.3, -0.25) is 4.79 Å². The molecule has 0 radical (unpaired) electrons. The molecule has 16 heavy (non-hydrogen) atoms. The van der Waals surface area contributed by atoms with Crippen molar-refractivity contribution in [3.05, 3.63) is 0 Å². The molecule has 0 aliphatic rings. The Labute approximate surface area is 96.3 Å². The molecule has 0 fully saturated rings. The number of urea groups is 1. The van der Waals surface area contributed by atoms with E-state index in [1.165, 1.54) is 0 Å². The highest BCUT2D eigenvalue weighted by Gasteiger charge is 2.09. The molecule has 0 aromatic rings. The van der Waals surface area contributed by atoms with Gasteiger partial charge in [0.2, 0.25) is 5.91 Å². The minimum Gasteiger partial charge on any atom is -0.383 e. The van der Waals surface area contributed by atoms with E-state index in [1.54, 1.807) is 12.0 Å². The van der Waals surface area contributed by atoms with Crippen LogP contribution in [0.3, 0.4) is 0 Å². The van der Waals surface area contributed by atoms with Crippen LogP contribution in [0.15, 0.2) is 0 Å². The summed E-state index contributed by atoms with van der Waals surface area (Å²) >= 11 is 0. The number of rotatable bonds is 7. The molecule has 0 saturated heterocycles. The van der Waals surface area contributed by atoms with Crippen molar-refractivity contribution >= 4 is 11.9 Å². The van der Waals surface area contributed by atoms with Gasteiger partial charge in [-0.25, -0.2) is 4.79 Å². The summed E-state index contributed by atoms with van der Waals surface area (Å²) in [7, 11) is 1.56. The second-order valence-corrected chi connectivity index (χ2v) is 3.17. The van der Waals surface area contributed by atoms with Crippen LogP contribution in [0, 0.1) is 0 Å². The van der Waals surface area contributed by atoms with Crippen LogP contribution in [0.1, 0.15) is 13.8 Å². The maximum Gasteiger partial charge on any atom is 0.317 e. The fraction of sp³-hybridized carbons (Fsp3) is 0.800. The summed E-state index contributed by atoms with van der Waals surface area (Å²) in [6.45, 7) is 5.97. The monoisotopic (exact) mass is 231 g/mol. The van der Waals surface area contributed by atoms with Gasteiger partial charge in [-0.05, 0) is 13.8 Å². The zero-order chi connectivity index (χ0) is 12.4. The molecular weight excluding hydrogens is 210 g/mol. The second-order valence-electron chi connectivity index (χ2n) is 3.17. The molecule has 0 aliphatic carbocycles. The van der Waals surface area contributed by atoms with Crippen molar-refractivity contribution in [3.63, 3.8) is 0 Å². The first-order chi connectivity index (χ1) is 7.65. The number of carbonyl (C=O) groups excluding carboxylic acids is 2. The van der Waals surface area contributed by atoms with Crippen LogP contribution < -0.4 is 10.6 Å². The van der Waals surface area contributed by atoms with Gasteiger partial charge in [0.05, 0.1) is 13.2 Å². The van der Waals surface area contributed by atoms with E-state index in [0.29, 0.717) is 26.2 Å². The van der Waals surface area contributed by atoms with Crippen molar-refractivity contribution in [2.75, 3.05) is 39.9 Å². The number of amides is 3. The summed E-state index contributed by atoms with van der Waals surface area (Å²) in [5, 5.41) is 5.16. The van der Waals surface area contributed by atoms with Gasteiger partial charge in [0.25, 0.3) is 0 Å². The molecule has 0 aromatic heterocycles. The van der Waals surface area contributed by atoms with E-state index in [2.05, 4.69) is 10.6 Å². The number of nitrogens with zero attached hydrogens (tertiary/aromatic N) is 1. The lowest BCUT2D eigenvalue weighted by molar-refractivity contribution is -0.120. The third-order valence-corrected chi connectivity index (χ3v) is 2.08. The fourth-order valence-electron chi connectivity index (χ4n) is 1.13. The topological polar surface area (TPSA) is 70.7 Å². The molecule has 3 amide bonds. The Kier molecular flexibility index (Phi) is 8.24. The lowest BCUT2D eigenvalue weighted by Crippen LogP contribution is -2.44. The number of carbonyl (C=O) groups is 2. The van der Waals surface area contributed by atoms with Crippen molar-refractivity contribution in [1.82, 2.24) is 15.5 Å². The van der Waals surface area contributed by atoms with Gasteiger partial charge in [0.1, 0.15) is 0 Å². The molecule has 0 bridgehead atoms. The van der Waals surface area contributed by atoms with Crippen molar-refractivity contribution < 1.29 is 14.3 Å². The standard InChI is InChI=1S/C10H21N3O3/c1-4-13(5-2)10(15)12-8-9(14)11-6-7-16-3/h4-8H2,1-3H3,(H,11,14)(H,12,15). The minimum atomic E-state index is -0.216. The van der Waals surface area contributed by atoms with E-state index < -0.39 is 0 Å². The molecule has 6 nitrogen and oxygen atoms in total. The molecule has 0 unspecified atom stereocenters. The molecule has 2 N–H and O–H groups in total. The Bertz CT molecular complexity index is 217. The summed E-state index contributed by atoms with van der Waals surface area (Å²) < 4.78 is 4.78. The zero-order valence-electron chi connectivity index (χ0n) is 10.2. The largest absolute Gasteiger partial charge is 0.383 e. The summed E-state index contributed by atoms with van der Waals surface area (Å²) in [5.74, 6) is -0.211. The predicted octanol–water partition coefficient (Wildman–Crippen LogP) is -0.200. The summed E-state index contributed by atoms with van der Waals surface area (Å²) in [6.07, 6.45) is 0. The van der Waals surface area contributed by atoms with Crippen molar-refractivity contribution in [1.29, 1.82) is 0 Å². The molecule has 0 saturated carbocycles. The Hall–Kier alpha value is -1.30. The lowest BCUT2D eigenvalue weighted by Gasteiger charge is -2.18. The van der Waals surface area contributed by atoms with Crippen LogP contribution in [-0.4, -0.2) is 56.7 Å². The molecule has 0 rings (SSSR count). The van der Waals surface area contributed by atoms with Gasteiger partial charge < -0.3 is 20.3 Å². The number of hydrogen-bond donors (Lipinski definition) is 2. The SMILES string of the molecule is CCN(CC)C(=O)NCC(=O)NCCOC.